The summed E-state index contributed by atoms with van der Waals surface area (Å²) in [7, 11) is -4.35. The van der Waals surface area contributed by atoms with Gasteiger partial charge in [-0.25, -0.2) is 22.3 Å². The third kappa shape index (κ3) is 2.80. The number of hydrogen-bond acceptors (Lipinski definition) is 3. The zero-order chi connectivity index (χ0) is 14.9. The Bertz CT molecular complexity index is 640. The van der Waals surface area contributed by atoms with E-state index in [9.17, 15) is 22.0 Å². The van der Waals surface area contributed by atoms with E-state index in [2.05, 4.69) is 0 Å². The maximum Gasteiger partial charge on any atom is 0.259 e. The van der Waals surface area contributed by atoms with E-state index in [1.807, 2.05) is 0 Å². The number of benzene rings is 1. The van der Waals surface area contributed by atoms with Crippen LogP contribution in [0.5, 0.6) is 0 Å². The molecule has 0 saturated carbocycles. The van der Waals surface area contributed by atoms with Crippen LogP contribution in [0.2, 0.25) is 0 Å². The van der Waals surface area contributed by atoms with E-state index in [1.54, 1.807) is 0 Å². The summed E-state index contributed by atoms with van der Waals surface area (Å²) in [6, 6.07) is 1.45. The van der Waals surface area contributed by atoms with Crippen LogP contribution in [0, 0.1) is 11.6 Å². The molecule has 0 atom stereocenters. The molecule has 5 nitrogen and oxygen atoms in total. The summed E-state index contributed by atoms with van der Waals surface area (Å²) in [5.74, 6) is -3.36. The fourth-order valence-electron chi connectivity index (χ4n) is 2.20. The summed E-state index contributed by atoms with van der Waals surface area (Å²) in [5.41, 5.74) is -0.863. The highest BCUT2D eigenvalue weighted by Gasteiger charge is 2.28. The van der Waals surface area contributed by atoms with E-state index in [-0.39, 0.29) is 0 Å². The van der Waals surface area contributed by atoms with Crippen molar-refractivity contribution >= 4 is 15.9 Å². The Labute approximate surface area is 115 Å². The molecule has 1 fully saturated rings. The number of nitrogens with zero attached hydrogens (tertiary/aromatic N) is 1. The zero-order valence-corrected chi connectivity index (χ0v) is 11.4. The summed E-state index contributed by atoms with van der Waals surface area (Å²) in [4.78, 5) is 12.6. The van der Waals surface area contributed by atoms with E-state index < -0.39 is 38.0 Å². The number of carbonyl (C=O) groups excluding carboxylic acids is 1. The number of piperidine rings is 1. The summed E-state index contributed by atoms with van der Waals surface area (Å²) >= 11 is 0. The second kappa shape index (κ2) is 5.45. The Hall–Kier alpha value is -1.54. The summed E-state index contributed by atoms with van der Waals surface area (Å²) in [6.45, 7) is 0.800. The minimum absolute atomic E-state index is 0.400. The molecule has 1 aliphatic heterocycles. The smallest absolute Gasteiger partial charge is 0.259 e. The highest BCUT2D eigenvalue weighted by Crippen LogP contribution is 2.23. The predicted molar refractivity (Wildman–Crippen MR) is 67.5 cm³/mol. The number of hydrogen-bond donors (Lipinski definition) is 1. The average Bonchev–Trinajstić information content (AvgIpc) is 2.38. The molecule has 1 aliphatic rings. The molecule has 2 rings (SSSR count). The van der Waals surface area contributed by atoms with Crippen molar-refractivity contribution in [3.05, 3.63) is 29.3 Å². The molecular weight excluding hydrogens is 290 g/mol. The fourth-order valence-corrected chi connectivity index (χ4v) is 2.81. The van der Waals surface area contributed by atoms with Gasteiger partial charge >= 0.3 is 0 Å². The standard InChI is InChI=1S/C12H14F2N2O3S/c13-8-4-5-9(20(15,18)19)11(14)10(8)12(17)16-6-2-1-3-7-16/h4-5H,1-3,6-7H2,(H2,15,18,19). The van der Waals surface area contributed by atoms with E-state index >= 15 is 0 Å². The van der Waals surface area contributed by atoms with Crippen molar-refractivity contribution in [3.8, 4) is 0 Å². The topological polar surface area (TPSA) is 80.5 Å². The van der Waals surface area contributed by atoms with Gasteiger partial charge in [0.1, 0.15) is 16.3 Å². The van der Waals surface area contributed by atoms with E-state index in [4.69, 9.17) is 5.14 Å². The van der Waals surface area contributed by atoms with Crippen LogP contribution in [0.25, 0.3) is 0 Å². The number of halogens is 2. The van der Waals surface area contributed by atoms with E-state index in [0.29, 0.717) is 19.2 Å². The minimum Gasteiger partial charge on any atom is -0.338 e. The minimum atomic E-state index is -4.35. The van der Waals surface area contributed by atoms with Gasteiger partial charge in [-0.2, -0.15) is 0 Å². The lowest BCUT2D eigenvalue weighted by atomic mass is 10.1. The van der Waals surface area contributed by atoms with Crippen LogP contribution in [0.3, 0.4) is 0 Å². The Morgan fingerprint density at radius 3 is 2.30 bits per heavy atom. The normalized spacial score (nSPS) is 16.2. The van der Waals surface area contributed by atoms with Gasteiger partial charge in [0.25, 0.3) is 5.91 Å². The first kappa shape index (κ1) is 14.9. The maximum absolute atomic E-state index is 14.1. The monoisotopic (exact) mass is 304 g/mol. The Balaban J connectivity index is 2.47. The number of nitrogens with two attached hydrogens (primary N) is 1. The molecule has 8 heteroatoms. The number of carbonyl (C=O) groups is 1. The molecule has 1 amide bonds. The third-order valence-corrected chi connectivity index (χ3v) is 4.15. The van der Waals surface area contributed by atoms with Crippen LogP contribution in [0.15, 0.2) is 17.0 Å². The number of likely N-dealkylation sites (tertiary alicyclic amines) is 1. The number of primary sulfonamides is 1. The largest absolute Gasteiger partial charge is 0.338 e. The van der Waals surface area contributed by atoms with Gasteiger partial charge in [0.2, 0.25) is 10.0 Å². The quantitative estimate of drug-likeness (QED) is 0.892. The molecule has 1 saturated heterocycles. The molecule has 0 aliphatic carbocycles. The summed E-state index contributed by atoms with van der Waals surface area (Å²) in [6.07, 6.45) is 2.46. The van der Waals surface area contributed by atoms with Crippen molar-refractivity contribution in [2.24, 2.45) is 5.14 Å². The van der Waals surface area contributed by atoms with Crippen LogP contribution in [0.4, 0.5) is 8.78 Å². The second-order valence-electron chi connectivity index (χ2n) is 4.63. The molecule has 0 spiro atoms. The van der Waals surface area contributed by atoms with Crippen molar-refractivity contribution in [2.75, 3.05) is 13.1 Å². The third-order valence-electron chi connectivity index (χ3n) is 3.22. The van der Waals surface area contributed by atoms with Gasteiger partial charge in [-0.1, -0.05) is 0 Å². The molecule has 2 N–H and O–H groups in total. The van der Waals surface area contributed by atoms with Crippen molar-refractivity contribution in [3.63, 3.8) is 0 Å². The van der Waals surface area contributed by atoms with Crippen LogP contribution in [-0.4, -0.2) is 32.3 Å². The first-order valence-electron chi connectivity index (χ1n) is 6.12. The highest BCUT2D eigenvalue weighted by atomic mass is 32.2. The van der Waals surface area contributed by atoms with Gasteiger partial charge in [0.15, 0.2) is 5.82 Å². The van der Waals surface area contributed by atoms with Crippen LogP contribution >= 0.6 is 0 Å². The second-order valence-corrected chi connectivity index (χ2v) is 6.16. The van der Waals surface area contributed by atoms with Gasteiger partial charge in [-0.05, 0) is 31.4 Å². The van der Waals surface area contributed by atoms with Gasteiger partial charge < -0.3 is 4.90 Å². The Morgan fingerprint density at radius 1 is 1.15 bits per heavy atom. The van der Waals surface area contributed by atoms with Gasteiger partial charge in [0.05, 0.1) is 0 Å². The molecular formula is C12H14F2N2O3S. The van der Waals surface area contributed by atoms with Gasteiger partial charge in [-0.3, -0.25) is 4.79 Å². The predicted octanol–water partition coefficient (Wildman–Crippen LogP) is 1.24. The Kier molecular flexibility index (Phi) is 4.05. The zero-order valence-electron chi connectivity index (χ0n) is 10.6. The number of amides is 1. The molecule has 110 valence electrons. The lowest BCUT2D eigenvalue weighted by Crippen LogP contribution is -2.37. The number of sulfonamides is 1. The first-order valence-corrected chi connectivity index (χ1v) is 7.67. The highest BCUT2D eigenvalue weighted by molar-refractivity contribution is 7.89. The van der Waals surface area contributed by atoms with Crippen molar-refractivity contribution < 1.29 is 22.0 Å². The number of rotatable bonds is 2. The van der Waals surface area contributed by atoms with Crippen molar-refractivity contribution in [1.29, 1.82) is 0 Å². The van der Waals surface area contributed by atoms with Crippen molar-refractivity contribution in [1.82, 2.24) is 4.90 Å². The molecule has 0 aromatic heterocycles. The molecule has 0 radical (unpaired) electrons. The average molecular weight is 304 g/mol. The molecule has 20 heavy (non-hydrogen) atoms. The Morgan fingerprint density at radius 2 is 1.75 bits per heavy atom. The molecule has 1 aromatic rings. The van der Waals surface area contributed by atoms with Crippen LogP contribution < -0.4 is 5.14 Å². The SMILES string of the molecule is NS(=O)(=O)c1ccc(F)c(C(=O)N2CCCCC2)c1F. The molecule has 1 heterocycles. The lowest BCUT2D eigenvalue weighted by molar-refractivity contribution is 0.0713. The molecule has 1 aromatic carbocycles. The van der Waals surface area contributed by atoms with E-state index in [0.717, 1.165) is 25.3 Å². The first-order chi connectivity index (χ1) is 9.32. The van der Waals surface area contributed by atoms with E-state index in [1.165, 1.54) is 4.90 Å². The maximum atomic E-state index is 14.1. The van der Waals surface area contributed by atoms with Crippen LogP contribution in [-0.2, 0) is 10.0 Å². The molecule has 0 unspecified atom stereocenters. The summed E-state index contributed by atoms with van der Waals surface area (Å²) < 4.78 is 50.2. The van der Waals surface area contributed by atoms with Crippen molar-refractivity contribution in [2.45, 2.75) is 24.2 Å². The van der Waals surface area contributed by atoms with Gasteiger partial charge in [0, 0.05) is 13.1 Å². The lowest BCUT2D eigenvalue weighted by Gasteiger charge is -2.27. The fraction of sp³-hybridized carbons (Fsp3) is 0.417. The summed E-state index contributed by atoms with van der Waals surface area (Å²) in [5, 5.41) is 4.84. The van der Waals surface area contributed by atoms with Gasteiger partial charge in [-0.15, -0.1) is 0 Å². The van der Waals surface area contributed by atoms with Crippen LogP contribution in [0.1, 0.15) is 29.6 Å². The molecule has 0 bridgehead atoms.